The van der Waals surface area contributed by atoms with E-state index in [0.717, 1.165) is 17.5 Å². The first-order chi connectivity index (χ1) is 13.7. The highest BCUT2D eigenvalue weighted by Gasteiger charge is 2.19. The van der Waals surface area contributed by atoms with Gasteiger partial charge in [0.2, 0.25) is 10.0 Å². The Morgan fingerprint density at radius 2 is 1.72 bits per heavy atom. The van der Waals surface area contributed by atoms with Crippen molar-refractivity contribution in [2.75, 3.05) is 27.2 Å². The molecule has 7 heteroatoms. The molecule has 158 valence electrons. The largest absolute Gasteiger partial charge is 0.350 e. The van der Waals surface area contributed by atoms with Crippen LogP contribution in [0.15, 0.2) is 47.4 Å². The van der Waals surface area contributed by atoms with E-state index < -0.39 is 10.0 Å². The molecule has 0 aromatic heterocycles. The Kier molecular flexibility index (Phi) is 7.96. The molecule has 2 N–H and O–H groups in total. The average Bonchev–Trinajstić information content (AvgIpc) is 2.68. The Morgan fingerprint density at radius 3 is 2.28 bits per heavy atom. The number of amides is 1. The molecule has 6 nitrogen and oxygen atoms in total. The summed E-state index contributed by atoms with van der Waals surface area (Å²) in [6.07, 6.45) is 0.981. The zero-order valence-electron chi connectivity index (χ0n) is 17.8. The van der Waals surface area contributed by atoms with Crippen LogP contribution in [-0.4, -0.2) is 46.4 Å². The van der Waals surface area contributed by atoms with Crippen molar-refractivity contribution in [2.45, 2.75) is 38.1 Å². The highest BCUT2D eigenvalue weighted by molar-refractivity contribution is 7.89. The van der Waals surface area contributed by atoms with E-state index in [1.165, 1.54) is 17.7 Å². The van der Waals surface area contributed by atoms with Crippen molar-refractivity contribution in [1.29, 1.82) is 0 Å². The smallest absolute Gasteiger partial charge is 0.251 e. The van der Waals surface area contributed by atoms with Gasteiger partial charge in [-0.05, 0) is 56.3 Å². The Morgan fingerprint density at radius 1 is 1.07 bits per heavy atom. The van der Waals surface area contributed by atoms with Gasteiger partial charge >= 0.3 is 0 Å². The maximum absolute atomic E-state index is 12.8. The molecule has 0 fully saturated rings. The van der Waals surface area contributed by atoms with Crippen LogP contribution in [-0.2, 0) is 16.4 Å². The van der Waals surface area contributed by atoms with E-state index in [1.807, 2.05) is 14.1 Å². The number of sulfonamides is 1. The molecule has 1 unspecified atom stereocenters. The SMILES string of the molecule is CCNS(=O)(=O)c1ccc(C)c(C(=O)NCC(c2ccc(CC)cc2)N(C)C)c1. The van der Waals surface area contributed by atoms with Gasteiger partial charge in [0, 0.05) is 18.7 Å². The third-order valence-electron chi connectivity index (χ3n) is 4.95. The standard InChI is InChI=1S/C22H31N3O3S/c1-6-17-9-11-18(12-10-17)21(25(4)5)15-23-22(26)20-14-19(13-8-16(20)3)29(27,28)24-7-2/h8-14,21,24H,6-7,15H2,1-5H3,(H,23,26). The number of likely N-dealkylation sites (N-methyl/N-ethyl adjacent to an activating group) is 1. The predicted octanol–water partition coefficient (Wildman–Crippen LogP) is 2.89. The van der Waals surface area contributed by atoms with Crippen LogP contribution in [0, 0.1) is 6.92 Å². The summed E-state index contributed by atoms with van der Waals surface area (Å²) in [4.78, 5) is 15.0. The topological polar surface area (TPSA) is 78.5 Å². The molecule has 0 aliphatic heterocycles. The normalized spacial score (nSPS) is 12.8. The molecular formula is C22H31N3O3S. The zero-order valence-corrected chi connectivity index (χ0v) is 18.6. The highest BCUT2D eigenvalue weighted by atomic mass is 32.2. The fraction of sp³-hybridized carbons (Fsp3) is 0.409. The number of nitrogens with one attached hydrogen (secondary N) is 2. The second-order valence-electron chi connectivity index (χ2n) is 7.26. The molecule has 0 aliphatic carbocycles. The van der Waals surface area contributed by atoms with Gasteiger partial charge in [-0.2, -0.15) is 0 Å². The van der Waals surface area contributed by atoms with Crippen LogP contribution in [0.5, 0.6) is 0 Å². The summed E-state index contributed by atoms with van der Waals surface area (Å²) in [6, 6.07) is 13.0. The fourth-order valence-electron chi connectivity index (χ4n) is 3.14. The number of carbonyl (C=O) groups is 1. The lowest BCUT2D eigenvalue weighted by molar-refractivity contribution is 0.0941. The lowest BCUT2D eigenvalue weighted by Gasteiger charge is -2.25. The minimum absolute atomic E-state index is 0.0128. The van der Waals surface area contributed by atoms with E-state index in [2.05, 4.69) is 46.1 Å². The molecular weight excluding hydrogens is 386 g/mol. The van der Waals surface area contributed by atoms with Gasteiger partial charge in [-0.25, -0.2) is 13.1 Å². The molecule has 2 aromatic rings. The number of aryl methyl sites for hydroxylation is 2. The van der Waals surface area contributed by atoms with E-state index in [1.54, 1.807) is 19.9 Å². The zero-order chi connectivity index (χ0) is 21.6. The molecule has 0 aliphatic rings. The second kappa shape index (κ2) is 10.0. The predicted molar refractivity (Wildman–Crippen MR) is 117 cm³/mol. The van der Waals surface area contributed by atoms with Gasteiger partial charge < -0.3 is 10.2 Å². The van der Waals surface area contributed by atoms with Crippen LogP contribution in [0.3, 0.4) is 0 Å². The first kappa shape index (κ1) is 23.1. The van der Waals surface area contributed by atoms with Crippen LogP contribution in [0.25, 0.3) is 0 Å². The molecule has 0 spiro atoms. The van der Waals surface area contributed by atoms with Crippen molar-refractivity contribution in [2.24, 2.45) is 0 Å². The van der Waals surface area contributed by atoms with E-state index in [-0.39, 0.29) is 16.8 Å². The van der Waals surface area contributed by atoms with Crippen molar-refractivity contribution >= 4 is 15.9 Å². The molecule has 0 saturated heterocycles. The summed E-state index contributed by atoms with van der Waals surface area (Å²) >= 11 is 0. The maximum Gasteiger partial charge on any atom is 0.251 e. The molecule has 0 saturated carbocycles. The molecule has 0 heterocycles. The first-order valence-electron chi connectivity index (χ1n) is 9.83. The Balaban J connectivity index is 2.19. The highest BCUT2D eigenvalue weighted by Crippen LogP contribution is 2.20. The van der Waals surface area contributed by atoms with Gasteiger partial charge in [0.25, 0.3) is 5.91 Å². The maximum atomic E-state index is 12.8. The quantitative estimate of drug-likeness (QED) is 0.658. The summed E-state index contributed by atoms with van der Waals surface area (Å²) in [5, 5.41) is 2.96. The van der Waals surface area contributed by atoms with Crippen LogP contribution < -0.4 is 10.0 Å². The van der Waals surface area contributed by atoms with Gasteiger partial charge in [0.05, 0.1) is 10.9 Å². The second-order valence-corrected chi connectivity index (χ2v) is 9.03. The molecule has 2 rings (SSSR count). The van der Waals surface area contributed by atoms with E-state index >= 15 is 0 Å². The van der Waals surface area contributed by atoms with E-state index in [9.17, 15) is 13.2 Å². The van der Waals surface area contributed by atoms with Crippen LogP contribution in [0.1, 0.15) is 46.9 Å². The van der Waals surface area contributed by atoms with E-state index in [4.69, 9.17) is 0 Å². The number of benzene rings is 2. The molecule has 29 heavy (non-hydrogen) atoms. The van der Waals surface area contributed by atoms with Gasteiger partial charge in [0.15, 0.2) is 0 Å². The Labute approximate surface area is 174 Å². The summed E-state index contributed by atoms with van der Waals surface area (Å²) in [7, 11) is 0.328. The van der Waals surface area contributed by atoms with Crippen molar-refractivity contribution in [3.05, 3.63) is 64.7 Å². The van der Waals surface area contributed by atoms with Crippen LogP contribution in [0.4, 0.5) is 0 Å². The number of carbonyl (C=O) groups excluding carboxylic acids is 1. The third-order valence-corrected chi connectivity index (χ3v) is 6.49. The van der Waals surface area contributed by atoms with Gasteiger partial charge in [-0.1, -0.05) is 44.2 Å². The molecule has 1 amide bonds. The van der Waals surface area contributed by atoms with Crippen molar-refractivity contribution in [1.82, 2.24) is 14.9 Å². The summed E-state index contributed by atoms with van der Waals surface area (Å²) < 4.78 is 27.0. The number of rotatable bonds is 9. The summed E-state index contributed by atoms with van der Waals surface area (Å²) in [5.74, 6) is -0.284. The molecule has 2 aromatic carbocycles. The first-order valence-corrected chi connectivity index (χ1v) is 11.3. The minimum atomic E-state index is -3.62. The van der Waals surface area contributed by atoms with E-state index in [0.29, 0.717) is 18.7 Å². The van der Waals surface area contributed by atoms with Gasteiger partial charge in [0.1, 0.15) is 0 Å². The van der Waals surface area contributed by atoms with Crippen LogP contribution in [0.2, 0.25) is 0 Å². The number of nitrogens with zero attached hydrogens (tertiary/aromatic N) is 1. The third kappa shape index (κ3) is 5.88. The molecule has 0 bridgehead atoms. The monoisotopic (exact) mass is 417 g/mol. The van der Waals surface area contributed by atoms with Gasteiger partial charge in [-0.15, -0.1) is 0 Å². The fourth-order valence-corrected chi connectivity index (χ4v) is 4.21. The van der Waals surface area contributed by atoms with Gasteiger partial charge in [-0.3, -0.25) is 4.79 Å². The molecule has 1 atom stereocenters. The Bertz CT molecular complexity index is 938. The lowest BCUT2D eigenvalue weighted by Crippen LogP contribution is -2.35. The minimum Gasteiger partial charge on any atom is -0.350 e. The van der Waals surface area contributed by atoms with Crippen LogP contribution >= 0.6 is 0 Å². The van der Waals surface area contributed by atoms with Crippen molar-refractivity contribution in [3.63, 3.8) is 0 Å². The number of hydrogen-bond acceptors (Lipinski definition) is 4. The molecule has 0 radical (unpaired) electrons. The lowest BCUT2D eigenvalue weighted by atomic mass is 10.0. The summed E-state index contributed by atoms with van der Waals surface area (Å²) in [5.41, 5.74) is 3.48. The number of hydrogen-bond donors (Lipinski definition) is 2. The average molecular weight is 418 g/mol. The summed E-state index contributed by atoms with van der Waals surface area (Å²) in [6.45, 7) is 6.34. The van der Waals surface area contributed by atoms with Crippen molar-refractivity contribution < 1.29 is 13.2 Å². The van der Waals surface area contributed by atoms with Crippen molar-refractivity contribution in [3.8, 4) is 0 Å². The Hall–Kier alpha value is -2.22.